The van der Waals surface area contributed by atoms with E-state index in [-0.39, 0.29) is 18.2 Å². The zero-order valence-corrected chi connectivity index (χ0v) is 11.6. The van der Waals surface area contributed by atoms with Gasteiger partial charge in [0.2, 0.25) is 0 Å². The average Bonchev–Trinajstić information content (AvgIpc) is 2.46. The summed E-state index contributed by atoms with van der Waals surface area (Å²) in [4.78, 5) is 23.2. The van der Waals surface area contributed by atoms with Crippen molar-refractivity contribution in [2.45, 2.75) is 13.8 Å². The summed E-state index contributed by atoms with van der Waals surface area (Å²) in [6.07, 6.45) is 0. The first-order valence-electron chi connectivity index (χ1n) is 6.40. The number of aryl methyl sites for hydroxylation is 1. The van der Waals surface area contributed by atoms with Crippen LogP contribution in [0.5, 0.6) is 5.75 Å². The summed E-state index contributed by atoms with van der Waals surface area (Å²) in [7, 11) is 0. The van der Waals surface area contributed by atoms with Crippen molar-refractivity contribution in [3.8, 4) is 5.75 Å². The van der Waals surface area contributed by atoms with Crippen molar-refractivity contribution in [2.75, 3.05) is 6.61 Å². The van der Waals surface area contributed by atoms with Gasteiger partial charge in [-0.15, -0.1) is 0 Å². The summed E-state index contributed by atoms with van der Waals surface area (Å²) in [5.41, 5.74) is 2.31. The van der Waals surface area contributed by atoms with Gasteiger partial charge in [-0.2, -0.15) is 0 Å². The van der Waals surface area contributed by atoms with Gasteiger partial charge in [-0.25, -0.2) is 0 Å². The molecule has 0 atom stereocenters. The van der Waals surface area contributed by atoms with Crippen molar-refractivity contribution >= 4 is 11.6 Å². The van der Waals surface area contributed by atoms with Gasteiger partial charge in [0.1, 0.15) is 5.75 Å². The number of ether oxygens (including phenoxy) is 1. The highest BCUT2D eigenvalue weighted by molar-refractivity contribution is 5.97. The summed E-state index contributed by atoms with van der Waals surface area (Å²) in [6.45, 7) is 3.43. The molecule has 0 fully saturated rings. The second kappa shape index (κ2) is 6.15. The van der Waals surface area contributed by atoms with E-state index in [1.807, 2.05) is 19.1 Å². The summed E-state index contributed by atoms with van der Waals surface area (Å²) < 4.78 is 5.44. The Kier molecular flexibility index (Phi) is 4.31. The minimum Gasteiger partial charge on any atom is -0.485 e. The number of hydrogen-bond acceptors (Lipinski definition) is 3. The zero-order chi connectivity index (χ0) is 14.5. The first-order chi connectivity index (χ1) is 9.56. The molecular weight excluding hydrogens is 252 g/mol. The van der Waals surface area contributed by atoms with Gasteiger partial charge in [0.15, 0.2) is 18.2 Å². The molecule has 3 heteroatoms. The van der Waals surface area contributed by atoms with Crippen molar-refractivity contribution in [2.24, 2.45) is 0 Å². The molecule has 2 aromatic carbocycles. The number of hydrogen-bond donors (Lipinski definition) is 0. The van der Waals surface area contributed by atoms with E-state index >= 15 is 0 Å². The molecule has 0 saturated carbocycles. The van der Waals surface area contributed by atoms with Gasteiger partial charge >= 0.3 is 0 Å². The van der Waals surface area contributed by atoms with Crippen LogP contribution in [0.1, 0.15) is 33.2 Å². The van der Waals surface area contributed by atoms with E-state index in [0.29, 0.717) is 16.9 Å². The molecule has 2 rings (SSSR count). The molecule has 0 bridgehead atoms. The van der Waals surface area contributed by atoms with Gasteiger partial charge in [0.25, 0.3) is 0 Å². The van der Waals surface area contributed by atoms with Gasteiger partial charge < -0.3 is 4.74 Å². The molecule has 0 spiro atoms. The standard InChI is InChI=1S/C17H16O3/c1-12-6-8-14(9-7-12)17(19)11-20-16-5-3-4-15(10-16)13(2)18/h3-10H,11H2,1-2H3. The number of benzene rings is 2. The van der Waals surface area contributed by atoms with Crippen LogP contribution in [0, 0.1) is 6.92 Å². The molecule has 0 heterocycles. The minimum absolute atomic E-state index is 0.0275. The lowest BCUT2D eigenvalue weighted by molar-refractivity contribution is 0.0921. The van der Waals surface area contributed by atoms with Gasteiger partial charge in [0, 0.05) is 11.1 Å². The molecule has 0 aliphatic heterocycles. The van der Waals surface area contributed by atoms with Crippen LogP contribution >= 0.6 is 0 Å². The largest absolute Gasteiger partial charge is 0.485 e. The Labute approximate surface area is 118 Å². The number of rotatable bonds is 5. The third-order valence-corrected chi connectivity index (χ3v) is 2.98. The fraction of sp³-hybridized carbons (Fsp3) is 0.176. The lowest BCUT2D eigenvalue weighted by Crippen LogP contribution is -2.11. The number of ketones is 2. The molecule has 20 heavy (non-hydrogen) atoms. The molecule has 0 amide bonds. The number of carbonyl (C=O) groups is 2. The van der Waals surface area contributed by atoms with Crippen molar-refractivity contribution in [1.82, 2.24) is 0 Å². The van der Waals surface area contributed by atoms with E-state index in [1.54, 1.807) is 36.4 Å². The first-order valence-corrected chi connectivity index (χ1v) is 6.40. The van der Waals surface area contributed by atoms with Gasteiger partial charge in [-0.05, 0) is 26.0 Å². The van der Waals surface area contributed by atoms with Crippen molar-refractivity contribution in [3.05, 3.63) is 65.2 Å². The quantitative estimate of drug-likeness (QED) is 0.780. The van der Waals surface area contributed by atoms with Crippen LogP contribution in [0.4, 0.5) is 0 Å². The highest BCUT2D eigenvalue weighted by Crippen LogP contribution is 2.14. The third kappa shape index (κ3) is 3.54. The zero-order valence-electron chi connectivity index (χ0n) is 11.6. The second-order valence-corrected chi connectivity index (χ2v) is 4.66. The molecule has 3 nitrogen and oxygen atoms in total. The fourth-order valence-electron chi connectivity index (χ4n) is 1.78. The predicted octanol–water partition coefficient (Wildman–Crippen LogP) is 3.46. The first kappa shape index (κ1) is 14.0. The third-order valence-electron chi connectivity index (χ3n) is 2.98. The van der Waals surface area contributed by atoms with E-state index in [4.69, 9.17) is 4.74 Å². The predicted molar refractivity (Wildman–Crippen MR) is 77.5 cm³/mol. The molecule has 0 aromatic heterocycles. The van der Waals surface area contributed by atoms with Gasteiger partial charge in [-0.1, -0.05) is 42.0 Å². The van der Waals surface area contributed by atoms with E-state index in [0.717, 1.165) is 5.56 Å². The highest BCUT2D eigenvalue weighted by Gasteiger charge is 2.07. The molecule has 0 aliphatic carbocycles. The Bertz CT molecular complexity index is 627. The van der Waals surface area contributed by atoms with Crippen LogP contribution in [0.25, 0.3) is 0 Å². The Balaban J connectivity index is 2.01. The molecule has 2 aromatic rings. The molecular formula is C17H16O3. The lowest BCUT2D eigenvalue weighted by Gasteiger charge is -2.07. The minimum atomic E-state index is -0.0850. The van der Waals surface area contributed by atoms with E-state index in [9.17, 15) is 9.59 Å². The van der Waals surface area contributed by atoms with E-state index in [2.05, 4.69) is 0 Å². The summed E-state index contributed by atoms with van der Waals surface area (Å²) >= 11 is 0. The normalized spacial score (nSPS) is 10.1. The van der Waals surface area contributed by atoms with Crippen LogP contribution in [0.2, 0.25) is 0 Å². The maximum absolute atomic E-state index is 12.0. The smallest absolute Gasteiger partial charge is 0.200 e. The maximum atomic E-state index is 12.0. The molecule has 0 radical (unpaired) electrons. The summed E-state index contributed by atoms with van der Waals surface area (Å²) in [6, 6.07) is 14.2. The van der Waals surface area contributed by atoms with E-state index < -0.39 is 0 Å². The Morgan fingerprint density at radius 3 is 2.35 bits per heavy atom. The van der Waals surface area contributed by atoms with Gasteiger partial charge in [-0.3, -0.25) is 9.59 Å². The number of Topliss-reactive ketones (excluding diaryl/α,β-unsaturated/α-hetero) is 2. The summed E-state index contributed by atoms with van der Waals surface area (Å²) in [5.74, 6) is 0.414. The Morgan fingerprint density at radius 2 is 1.70 bits per heavy atom. The molecule has 0 N–H and O–H groups in total. The SMILES string of the molecule is CC(=O)c1cccc(OCC(=O)c2ccc(C)cc2)c1. The highest BCUT2D eigenvalue weighted by atomic mass is 16.5. The van der Waals surface area contributed by atoms with Crippen LogP contribution in [0.15, 0.2) is 48.5 Å². The van der Waals surface area contributed by atoms with Crippen molar-refractivity contribution in [1.29, 1.82) is 0 Å². The Hall–Kier alpha value is -2.42. The maximum Gasteiger partial charge on any atom is 0.200 e. The van der Waals surface area contributed by atoms with Gasteiger partial charge in [0.05, 0.1) is 0 Å². The van der Waals surface area contributed by atoms with Crippen LogP contribution < -0.4 is 4.74 Å². The van der Waals surface area contributed by atoms with E-state index in [1.165, 1.54) is 6.92 Å². The molecule has 0 unspecified atom stereocenters. The molecule has 0 saturated heterocycles. The van der Waals surface area contributed by atoms with Crippen LogP contribution in [-0.2, 0) is 0 Å². The topological polar surface area (TPSA) is 43.4 Å². The Morgan fingerprint density at radius 1 is 1.00 bits per heavy atom. The lowest BCUT2D eigenvalue weighted by atomic mass is 10.1. The van der Waals surface area contributed by atoms with Crippen molar-refractivity contribution in [3.63, 3.8) is 0 Å². The molecule has 0 aliphatic rings. The molecule has 102 valence electrons. The monoisotopic (exact) mass is 268 g/mol. The average molecular weight is 268 g/mol. The number of carbonyl (C=O) groups excluding carboxylic acids is 2. The van der Waals surface area contributed by atoms with Crippen molar-refractivity contribution < 1.29 is 14.3 Å². The second-order valence-electron chi connectivity index (χ2n) is 4.66. The van der Waals surface area contributed by atoms with Crippen LogP contribution in [-0.4, -0.2) is 18.2 Å². The fourth-order valence-corrected chi connectivity index (χ4v) is 1.78. The summed E-state index contributed by atoms with van der Waals surface area (Å²) in [5, 5.41) is 0. The van der Waals surface area contributed by atoms with Crippen LogP contribution in [0.3, 0.4) is 0 Å².